The molecule has 0 atom stereocenters. The molecule has 0 radical (unpaired) electrons. The van der Waals surface area contributed by atoms with Gasteiger partial charge in [-0.25, -0.2) is 9.07 Å². The number of pyridine rings is 1. The molecule has 2 aromatic carbocycles. The Kier molecular flexibility index (Phi) is 4.78. The molecule has 0 unspecified atom stereocenters. The van der Waals surface area contributed by atoms with Gasteiger partial charge in [0.25, 0.3) is 5.91 Å². The number of aromatic nitrogens is 4. The van der Waals surface area contributed by atoms with Gasteiger partial charge in [0, 0.05) is 31.0 Å². The minimum atomic E-state index is -0.294. The van der Waals surface area contributed by atoms with Crippen molar-refractivity contribution < 1.29 is 9.18 Å². The summed E-state index contributed by atoms with van der Waals surface area (Å²) in [6, 6.07) is 16.5. The molecule has 5 rings (SSSR count). The molecule has 1 aliphatic rings. The van der Waals surface area contributed by atoms with Gasteiger partial charge in [0.05, 0.1) is 5.69 Å². The number of aryl methyl sites for hydroxylation is 1. The third-order valence-corrected chi connectivity index (χ3v) is 5.63. The van der Waals surface area contributed by atoms with Gasteiger partial charge in [0.1, 0.15) is 11.5 Å². The van der Waals surface area contributed by atoms with Gasteiger partial charge in [-0.2, -0.15) is 0 Å². The summed E-state index contributed by atoms with van der Waals surface area (Å²) in [5.74, 6) is -0.469. The number of hydrogen-bond acceptors (Lipinski definition) is 4. The Morgan fingerprint density at radius 2 is 1.81 bits per heavy atom. The molecule has 31 heavy (non-hydrogen) atoms. The van der Waals surface area contributed by atoms with Crippen LogP contribution in [0.1, 0.15) is 27.2 Å². The van der Waals surface area contributed by atoms with Crippen molar-refractivity contribution in [2.24, 2.45) is 0 Å². The van der Waals surface area contributed by atoms with Crippen LogP contribution in [0.25, 0.3) is 16.9 Å². The van der Waals surface area contributed by atoms with Crippen LogP contribution in [-0.4, -0.2) is 37.3 Å². The Morgan fingerprint density at radius 1 is 1.03 bits per heavy atom. The second-order valence-electron chi connectivity index (χ2n) is 7.61. The van der Waals surface area contributed by atoms with Crippen molar-refractivity contribution >= 4 is 5.91 Å². The van der Waals surface area contributed by atoms with Crippen LogP contribution in [0.3, 0.4) is 0 Å². The van der Waals surface area contributed by atoms with Crippen molar-refractivity contribution in [2.75, 3.05) is 6.54 Å². The van der Waals surface area contributed by atoms with Crippen LogP contribution in [0.15, 0.2) is 67.0 Å². The van der Waals surface area contributed by atoms with Crippen LogP contribution in [0.5, 0.6) is 0 Å². The fourth-order valence-electron chi connectivity index (χ4n) is 3.95. The lowest BCUT2D eigenvalue weighted by Gasteiger charge is -2.28. The third-order valence-electron chi connectivity index (χ3n) is 5.63. The largest absolute Gasteiger partial charge is 0.333 e. The number of carbonyl (C=O) groups is 1. The third kappa shape index (κ3) is 3.48. The number of carbonyl (C=O) groups excluding carboxylic acids is 1. The zero-order valence-corrected chi connectivity index (χ0v) is 17.0. The maximum atomic E-state index is 13.8. The van der Waals surface area contributed by atoms with Crippen LogP contribution < -0.4 is 0 Å². The van der Waals surface area contributed by atoms with E-state index in [1.807, 2.05) is 24.3 Å². The summed E-state index contributed by atoms with van der Waals surface area (Å²) < 4.78 is 15.4. The van der Waals surface area contributed by atoms with E-state index in [1.54, 1.807) is 41.0 Å². The van der Waals surface area contributed by atoms with E-state index in [2.05, 4.69) is 27.4 Å². The molecule has 0 saturated carbocycles. The fraction of sp³-hybridized carbons (Fsp3) is 0.167. The first kappa shape index (κ1) is 19.1. The van der Waals surface area contributed by atoms with Crippen molar-refractivity contribution in [3.8, 4) is 16.9 Å². The van der Waals surface area contributed by atoms with Gasteiger partial charge in [0.15, 0.2) is 5.69 Å². The van der Waals surface area contributed by atoms with E-state index < -0.39 is 0 Å². The Balaban J connectivity index is 1.58. The lowest BCUT2D eigenvalue weighted by Crippen LogP contribution is -2.36. The fourth-order valence-corrected chi connectivity index (χ4v) is 3.95. The first-order valence-corrected chi connectivity index (χ1v) is 10.1. The van der Waals surface area contributed by atoms with Gasteiger partial charge in [0.2, 0.25) is 0 Å². The molecule has 154 valence electrons. The molecule has 0 N–H and O–H groups in total. The van der Waals surface area contributed by atoms with Crippen LogP contribution in [0.2, 0.25) is 0 Å². The number of benzene rings is 2. The minimum Gasteiger partial charge on any atom is -0.333 e. The summed E-state index contributed by atoms with van der Waals surface area (Å²) in [5.41, 5.74) is 5.16. The predicted molar refractivity (Wildman–Crippen MR) is 114 cm³/mol. The first-order valence-electron chi connectivity index (χ1n) is 10.1. The van der Waals surface area contributed by atoms with Gasteiger partial charge in [-0.05, 0) is 60.4 Å². The maximum Gasteiger partial charge on any atom is 0.277 e. The van der Waals surface area contributed by atoms with Gasteiger partial charge in [-0.15, -0.1) is 5.10 Å². The Labute approximate surface area is 179 Å². The summed E-state index contributed by atoms with van der Waals surface area (Å²) in [5, 5.41) is 8.53. The predicted octanol–water partition coefficient (Wildman–Crippen LogP) is 3.98. The van der Waals surface area contributed by atoms with Crippen molar-refractivity contribution in [1.82, 2.24) is 24.9 Å². The molecule has 0 saturated heterocycles. The molecule has 0 bridgehead atoms. The molecule has 6 nitrogen and oxygen atoms in total. The monoisotopic (exact) mass is 413 g/mol. The smallest absolute Gasteiger partial charge is 0.277 e. The van der Waals surface area contributed by atoms with Crippen molar-refractivity contribution in [2.45, 2.75) is 19.9 Å². The number of amides is 1. The first-order chi connectivity index (χ1) is 15.1. The zero-order valence-electron chi connectivity index (χ0n) is 17.0. The van der Waals surface area contributed by atoms with E-state index in [0.717, 1.165) is 17.5 Å². The van der Waals surface area contributed by atoms with Crippen LogP contribution in [-0.2, 0) is 13.0 Å². The van der Waals surface area contributed by atoms with E-state index in [4.69, 9.17) is 0 Å². The van der Waals surface area contributed by atoms with E-state index >= 15 is 0 Å². The molecule has 0 spiro atoms. The second-order valence-corrected chi connectivity index (χ2v) is 7.61. The number of rotatable bonds is 3. The Bertz CT molecular complexity index is 1270. The van der Waals surface area contributed by atoms with E-state index in [9.17, 15) is 9.18 Å². The lowest BCUT2D eigenvalue weighted by atomic mass is 9.99. The van der Waals surface area contributed by atoms with Crippen molar-refractivity contribution in [3.05, 3.63) is 95.2 Å². The number of hydrogen-bond donors (Lipinski definition) is 0. The highest BCUT2D eigenvalue weighted by atomic mass is 19.1. The summed E-state index contributed by atoms with van der Waals surface area (Å²) in [4.78, 5) is 19.4. The molecule has 1 amide bonds. The maximum absolute atomic E-state index is 13.8. The molecule has 3 heterocycles. The van der Waals surface area contributed by atoms with Crippen LogP contribution >= 0.6 is 0 Å². The summed E-state index contributed by atoms with van der Waals surface area (Å²) >= 11 is 0. The lowest BCUT2D eigenvalue weighted by molar-refractivity contribution is 0.0729. The molecule has 0 aliphatic carbocycles. The molecule has 1 aliphatic heterocycles. The highest BCUT2D eigenvalue weighted by Gasteiger charge is 2.28. The SMILES string of the molecule is Cc1cc(-n2nnc(C(=O)N3CCc4ccccc4C3)c2-c2ccncc2)ccc1F. The zero-order chi connectivity index (χ0) is 21.4. The average molecular weight is 413 g/mol. The quantitative estimate of drug-likeness (QED) is 0.510. The highest BCUT2D eigenvalue weighted by Crippen LogP contribution is 2.28. The number of fused-ring (bicyclic) bond motifs is 1. The topological polar surface area (TPSA) is 63.9 Å². The molecular formula is C24H20FN5O. The molecule has 7 heteroatoms. The normalized spacial score (nSPS) is 13.2. The molecular weight excluding hydrogens is 393 g/mol. The number of nitrogens with zero attached hydrogens (tertiary/aromatic N) is 5. The molecule has 2 aromatic heterocycles. The summed E-state index contributed by atoms with van der Waals surface area (Å²) in [6.45, 7) is 2.85. The van der Waals surface area contributed by atoms with Crippen LogP contribution in [0.4, 0.5) is 4.39 Å². The van der Waals surface area contributed by atoms with Crippen molar-refractivity contribution in [1.29, 1.82) is 0 Å². The Morgan fingerprint density at radius 3 is 2.58 bits per heavy atom. The van der Waals surface area contributed by atoms with E-state index in [0.29, 0.717) is 30.0 Å². The molecule has 4 aromatic rings. The second kappa shape index (κ2) is 7.75. The standard InChI is InChI=1S/C24H20FN5O/c1-16-14-20(6-7-21(16)25)30-23(18-8-11-26-12-9-18)22(27-28-30)24(31)29-13-10-17-4-2-3-5-19(17)15-29/h2-9,11-12,14H,10,13,15H2,1H3. The van der Waals surface area contributed by atoms with Crippen molar-refractivity contribution in [3.63, 3.8) is 0 Å². The summed E-state index contributed by atoms with van der Waals surface area (Å²) in [7, 11) is 0. The highest BCUT2D eigenvalue weighted by molar-refractivity contribution is 5.98. The van der Waals surface area contributed by atoms with Gasteiger partial charge in [-0.3, -0.25) is 9.78 Å². The van der Waals surface area contributed by atoms with E-state index in [-0.39, 0.29) is 17.4 Å². The van der Waals surface area contributed by atoms with Gasteiger partial charge in [-0.1, -0.05) is 29.5 Å². The molecule has 0 fully saturated rings. The van der Waals surface area contributed by atoms with Gasteiger partial charge < -0.3 is 4.90 Å². The average Bonchev–Trinajstić information content (AvgIpc) is 3.26. The summed E-state index contributed by atoms with van der Waals surface area (Å²) in [6.07, 6.45) is 4.12. The van der Waals surface area contributed by atoms with E-state index in [1.165, 1.54) is 11.6 Å². The van der Waals surface area contributed by atoms with Crippen LogP contribution in [0, 0.1) is 12.7 Å². The van der Waals surface area contributed by atoms with Gasteiger partial charge >= 0.3 is 0 Å². The number of halogens is 1. The minimum absolute atomic E-state index is 0.175. The Hall–Kier alpha value is -3.87.